The Morgan fingerprint density at radius 1 is 1.31 bits per heavy atom. The average Bonchev–Trinajstić information content (AvgIpc) is 2.21. The van der Waals surface area contributed by atoms with Gasteiger partial charge in [-0.3, -0.25) is 4.79 Å². The first-order chi connectivity index (χ1) is 7.47. The van der Waals surface area contributed by atoms with E-state index in [1.807, 2.05) is 52.0 Å². The number of rotatable bonds is 5. The Morgan fingerprint density at radius 2 is 1.94 bits per heavy atom. The van der Waals surface area contributed by atoms with E-state index >= 15 is 0 Å². The van der Waals surface area contributed by atoms with E-state index in [9.17, 15) is 4.79 Å². The van der Waals surface area contributed by atoms with Crippen LogP contribution >= 0.6 is 0 Å². The first kappa shape index (κ1) is 12.9. The predicted molar refractivity (Wildman–Crippen MR) is 67.6 cm³/mol. The summed E-state index contributed by atoms with van der Waals surface area (Å²) >= 11 is 0. The van der Waals surface area contributed by atoms with E-state index in [1.54, 1.807) is 0 Å². The minimum atomic E-state index is -0.434. The van der Waals surface area contributed by atoms with Crippen LogP contribution in [-0.2, 0) is 11.2 Å². The average molecular weight is 219 g/mol. The van der Waals surface area contributed by atoms with Gasteiger partial charge in [0.05, 0.1) is 5.54 Å². The number of carbonyl (C=O) groups is 1. The van der Waals surface area contributed by atoms with Crippen LogP contribution < -0.4 is 5.32 Å². The molecule has 0 fully saturated rings. The molecule has 0 bridgehead atoms. The lowest BCUT2D eigenvalue weighted by atomic mass is 9.92. The van der Waals surface area contributed by atoms with Gasteiger partial charge in [-0.05, 0) is 38.4 Å². The van der Waals surface area contributed by atoms with Gasteiger partial charge in [-0.15, -0.1) is 0 Å². The molecular formula is C14H21NO. The standard InChI is InChI=1S/C14H21NO/c1-5-15-14(3,4)13(16)10-12-9-7-6-8-11(12)2/h6-9,15H,5,10H2,1-4H3. The molecule has 0 saturated carbocycles. The normalized spacial score (nSPS) is 11.5. The van der Waals surface area contributed by atoms with Crippen molar-refractivity contribution in [3.63, 3.8) is 0 Å². The molecule has 16 heavy (non-hydrogen) atoms. The summed E-state index contributed by atoms with van der Waals surface area (Å²) in [5.41, 5.74) is 1.87. The van der Waals surface area contributed by atoms with Crippen molar-refractivity contribution in [2.24, 2.45) is 0 Å². The number of likely N-dealkylation sites (N-methyl/N-ethyl adjacent to an activating group) is 1. The molecule has 1 aromatic carbocycles. The van der Waals surface area contributed by atoms with Crippen molar-refractivity contribution < 1.29 is 4.79 Å². The van der Waals surface area contributed by atoms with Crippen LogP contribution in [0.5, 0.6) is 0 Å². The zero-order chi connectivity index (χ0) is 12.2. The van der Waals surface area contributed by atoms with Crippen molar-refractivity contribution in [3.8, 4) is 0 Å². The van der Waals surface area contributed by atoms with Crippen LogP contribution in [0, 0.1) is 6.92 Å². The minimum absolute atomic E-state index is 0.239. The molecule has 0 radical (unpaired) electrons. The van der Waals surface area contributed by atoms with E-state index in [1.165, 1.54) is 5.56 Å². The third-order valence-corrected chi connectivity index (χ3v) is 2.93. The van der Waals surface area contributed by atoms with E-state index in [0.717, 1.165) is 12.1 Å². The highest BCUT2D eigenvalue weighted by molar-refractivity contribution is 5.89. The smallest absolute Gasteiger partial charge is 0.156 e. The molecule has 0 heterocycles. The molecule has 0 aromatic heterocycles. The summed E-state index contributed by atoms with van der Waals surface area (Å²) < 4.78 is 0. The topological polar surface area (TPSA) is 29.1 Å². The molecule has 1 aromatic rings. The van der Waals surface area contributed by atoms with Gasteiger partial charge in [-0.1, -0.05) is 31.2 Å². The predicted octanol–water partition coefficient (Wildman–Crippen LogP) is 2.49. The van der Waals surface area contributed by atoms with Crippen molar-refractivity contribution in [1.29, 1.82) is 0 Å². The Bertz CT molecular complexity index is 369. The van der Waals surface area contributed by atoms with Gasteiger partial charge in [0.2, 0.25) is 0 Å². The fourth-order valence-electron chi connectivity index (χ4n) is 1.74. The first-order valence-corrected chi connectivity index (χ1v) is 5.80. The van der Waals surface area contributed by atoms with Gasteiger partial charge in [0, 0.05) is 6.42 Å². The number of benzene rings is 1. The van der Waals surface area contributed by atoms with Crippen LogP contribution in [0.25, 0.3) is 0 Å². The van der Waals surface area contributed by atoms with Crippen molar-refractivity contribution >= 4 is 5.78 Å². The zero-order valence-corrected chi connectivity index (χ0v) is 10.6. The fourth-order valence-corrected chi connectivity index (χ4v) is 1.74. The number of hydrogen-bond acceptors (Lipinski definition) is 2. The molecule has 0 aliphatic rings. The van der Waals surface area contributed by atoms with Crippen molar-refractivity contribution in [3.05, 3.63) is 35.4 Å². The maximum absolute atomic E-state index is 12.1. The molecule has 2 nitrogen and oxygen atoms in total. The summed E-state index contributed by atoms with van der Waals surface area (Å²) in [5.74, 6) is 0.239. The Morgan fingerprint density at radius 3 is 2.50 bits per heavy atom. The first-order valence-electron chi connectivity index (χ1n) is 5.80. The summed E-state index contributed by atoms with van der Waals surface area (Å²) in [7, 11) is 0. The summed E-state index contributed by atoms with van der Waals surface area (Å²) in [5, 5.41) is 3.21. The number of Topliss-reactive ketones (excluding diaryl/α,β-unsaturated/α-hetero) is 1. The molecule has 0 atom stereocenters. The van der Waals surface area contributed by atoms with E-state index in [2.05, 4.69) is 5.32 Å². The molecule has 1 N–H and O–H groups in total. The summed E-state index contributed by atoms with van der Waals surface area (Å²) in [4.78, 5) is 12.1. The third-order valence-electron chi connectivity index (χ3n) is 2.93. The second-order valence-electron chi connectivity index (χ2n) is 4.68. The monoisotopic (exact) mass is 219 g/mol. The highest BCUT2D eigenvalue weighted by Crippen LogP contribution is 2.13. The van der Waals surface area contributed by atoms with Gasteiger partial charge in [0.1, 0.15) is 0 Å². The highest BCUT2D eigenvalue weighted by Gasteiger charge is 2.25. The van der Waals surface area contributed by atoms with Gasteiger partial charge < -0.3 is 5.32 Å². The van der Waals surface area contributed by atoms with E-state index in [-0.39, 0.29) is 5.78 Å². The Kier molecular flexibility index (Phi) is 4.25. The van der Waals surface area contributed by atoms with Crippen molar-refractivity contribution in [2.75, 3.05) is 6.54 Å². The number of hydrogen-bond donors (Lipinski definition) is 1. The Hall–Kier alpha value is -1.15. The van der Waals surface area contributed by atoms with E-state index in [4.69, 9.17) is 0 Å². The second kappa shape index (κ2) is 5.26. The Labute approximate surface area is 98.1 Å². The maximum Gasteiger partial charge on any atom is 0.156 e. The fraction of sp³-hybridized carbons (Fsp3) is 0.500. The number of aryl methyl sites for hydroxylation is 1. The summed E-state index contributed by atoms with van der Waals surface area (Å²) in [6.07, 6.45) is 0.507. The molecule has 0 amide bonds. The van der Waals surface area contributed by atoms with Gasteiger partial charge >= 0.3 is 0 Å². The van der Waals surface area contributed by atoms with Gasteiger partial charge in [0.15, 0.2) is 5.78 Å². The van der Waals surface area contributed by atoms with E-state index in [0.29, 0.717) is 6.42 Å². The van der Waals surface area contributed by atoms with Crippen LogP contribution in [0.15, 0.2) is 24.3 Å². The molecule has 0 unspecified atom stereocenters. The minimum Gasteiger partial charge on any atom is -0.306 e. The molecular weight excluding hydrogens is 198 g/mol. The largest absolute Gasteiger partial charge is 0.306 e. The summed E-state index contributed by atoms with van der Waals surface area (Å²) in [6.45, 7) is 8.76. The second-order valence-corrected chi connectivity index (χ2v) is 4.68. The SMILES string of the molecule is CCNC(C)(C)C(=O)Cc1ccccc1C. The molecule has 88 valence electrons. The van der Waals surface area contributed by atoms with Crippen LogP contribution in [-0.4, -0.2) is 17.9 Å². The highest BCUT2D eigenvalue weighted by atomic mass is 16.1. The molecule has 2 heteroatoms. The quantitative estimate of drug-likeness (QED) is 0.824. The van der Waals surface area contributed by atoms with E-state index < -0.39 is 5.54 Å². The van der Waals surface area contributed by atoms with Crippen molar-refractivity contribution in [2.45, 2.75) is 39.7 Å². The van der Waals surface area contributed by atoms with Gasteiger partial charge in [-0.2, -0.15) is 0 Å². The molecule has 0 saturated heterocycles. The molecule has 0 spiro atoms. The number of nitrogens with one attached hydrogen (secondary N) is 1. The molecule has 1 rings (SSSR count). The third kappa shape index (κ3) is 3.17. The lowest BCUT2D eigenvalue weighted by Gasteiger charge is -2.24. The van der Waals surface area contributed by atoms with Crippen molar-refractivity contribution in [1.82, 2.24) is 5.32 Å². The van der Waals surface area contributed by atoms with Gasteiger partial charge in [-0.25, -0.2) is 0 Å². The van der Waals surface area contributed by atoms with Crippen LogP contribution in [0.1, 0.15) is 31.9 Å². The van der Waals surface area contributed by atoms with Gasteiger partial charge in [0.25, 0.3) is 0 Å². The summed E-state index contributed by atoms with van der Waals surface area (Å²) in [6, 6.07) is 8.05. The number of carbonyl (C=O) groups excluding carboxylic acids is 1. The van der Waals surface area contributed by atoms with Crippen LogP contribution in [0.3, 0.4) is 0 Å². The lowest BCUT2D eigenvalue weighted by molar-refractivity contribution is -0.123. The molecule has 0 aliphatic heterocycles. The Balaban J connectivity index is 2.75. The maximum atomic E-state index is 12.1. The van der Waals surface area contributed by atoms with Crippen LogP contribution in [0.2, 0.25) is 0 Å². The zero-order valence-electron chi connectivity index (χ0n) is 10.6. The number of ketones is 1. The van der Waals surface area contributed by atoms with Crippen LogP contribution in [0.4, 0.5) is 0 Å². The molecule has 0 aliphatic carbocycles. The lowest BCUT2D eigenvalue weighted by Crippen LogP contribution is -2.47.